The van der Waals surface area contributed by atoms with Crippen molar-refractivity contribution < 1.29 is 14.3 Å². The van der Waals surface area contributed by atoms with Gasteiger partial charge in [-0.1, -0.05) is 47.5 Å². The van der Waals surface area contributed by atoms with Crippen LogP contribution >= 0.6 is 23.2 Å². The first-order valence-corrected chi connectivity index (χ1v) is 11.0. The smallest absolute Gasteiger partial charge is 0.274 e. The first kappa shape index (κ1) is 23.4. The highest BCUT2D eigenvalue weighted by Gasteiger charge is 2.18. The number of hydrogen-bond donors (Lipinski definition) is 1. The van der Waals surface area contributed by atoms with Gasteiger partial charge in [0.25, 0.3) is 5.91 Å². The van der Waals surface area contributed by atoms with Crippen LogP contribution in [0.3, 0.4) is 0 Å². The first-order chi connectivity index (χ1) is 16.4. The Morgan fingerprint density at radius 3 is 2.50 bits per heavy atom. The number of nitrogens with one attached hydrogen (secondary N) is 1. The molecule has 0 atom stereocenters. The summed E-state index contributed by atoms with van der Waals surface area (Å²) in [6, 6.07) is 15.6. The van der Waals surface area contributed by atoms with Gasteiger partial charge in [-0.2, -0.15) is 0 Å². The summed E-state index contributed by atoms with van der Waals surface area (Å²) in [6.45, 7) is 1.90. The minimum Gasteiger partial charge on any atom is -0.496 e. The third-order valence-corrected chi connectivity index (χ3v) is 5.99. The van der Waals surface area contributed by atoms with Gasteiger partial charge in [0, 0.05) is 29.1 Å². The number of pyridine rings is 2. The molecule has 6 nitrogen and oxygen atoms in total. The zero-order valence-corrected chi connectivity index (χ0v) is 19.8. The summed E-state index contributed by atoms with van der Waals surface area (Å²) in [7, 11) is 1.49. The Kier molecular flexibility index (Phi) is 6.91. The Hall–Kier alpha value is -3.74. The van der Waals surface area contributed by atoms with Crippen molar-refractivity contribution in [2.24, 2.45) is 0 Å². The van der Waals surface area contributed by atoms with Gasteiger partial charge in [-0.25, -0.2) is 0 Å². The van der Waals surface area contributed by atoms with E-state index in [9.17, 15) is 9.59 Å². The largest absolute Gasteiger partial charge is 0.496 e. The van der Waals surface area contributed by atoms with Gasteiger partial charge in [0.2, 0.25) is 0 Å². The zero-order chi connectivity index (χ0) is 24.2. The number of hydrogen-bond acceptors (Lipinski definition) is 5. The molecule has 2 heterocycles. The topological polar surface area (TPSA) is 81.2 Å². The summed E-state index contributed by atoms with van der Waals surface area (Å²) in [5, 5.41) is 3.51. The summed E-state index contributed by atoms with van der Waals surface area (Å²) < 4.78 is 5.30. The summed E-state index contributed by atoms with van der Waals surface area (Å²) in [5.74, 6) is 0.0474. The van der Waals surface area contributed by atoms with Crippen LogP contribution in [-0.2, 0) is 0 Å². The van der Waals surface area contributed by atoms with Crippen LogP contribution in [0, 0.1) is 6.92 Å². The van der Waals surface area contributed by atoms with Crippen molar-refractivity contribution in [3.63, 3.8) is 0 Å². The summed E-state index contributed by atoms with van der Waals surface area (Å²) >= 11 is 13.4. The second kappa shape index (κ2) is 10.0. The van der Waals surface area contributed by atoms with Crippen molar-refractivity contribution in [1.82, 2.24) is 9.97 Å². The van der Waals surface area contributed by atoms with E-state index < -0.39 is 0 Å². The van der Waals surface area contributed by atoms with Crippen LogP contribution in [0.4, 0.5) is 5.69 Å². The Labute approximate surface area is 206 Å². The lowest BCUT2D eigenvalue weighted by Gasteiger charge is -2.14. The highest BCUT2D eigenvalue weighted by molar-refractivity contribution is 6.39. The first-order valence-electron chi connectivity index (χ1n) is 10.2. The molecule has 0 saturated carbocycles. The van der Waals surface area contributed by atoms with E-state index in [4.69, 9.17) is 27.9 Å². The van der Waals surface area contributed by atoms with E-state index in [0.717, 1.165) is 11.8 Å². The molecule has 0 unspecified atom stereocenters. The number of halogens is 2. The van der Waals surface area contributed by atoms with Crippen LogP contribution in [0.1, 0.15) is 26.4 Å². The summed E-state index contributed by atoms with van der Waals surface area (Å²) in [5.41, 5.74) is 4.54. The molecule has 0 saturated heterocycles. The molecule has 8 heteroatoms. The van der Waals surface area contributed by atoms with Gasteiger partial charge < -0.3 is 10.1 Å². The molecule has 0 aliphatic carbocycles. The molecule has 0 bridgehead atoms. The van der Waals surface area contributed by atoms with Crippen molar-refractivity contribution >= 4 is 41.1 Å². The molecular formula is C26H19Cl2N3O3. The molecule has 0 fully saturated rings. The lowest BCUT2D eigenvalue weighted by molar-refractivity contribution is 0.102. The second-order valence-electron chi connectivity index (χ2n) is 7.44. The van der Waals surface area contributed by atoms with Gasteiger partial charge in [0.15, 0.2) is 6.29 Å². The number of anilines is 1. The van der Waals surface area contributed by atoms with Gasteiger partial charge in [0.05, 0.1) is 34.1 Å². The normalized spacial score (nSPS) is 10.6. The van der Waals surface area contributed by atoms with Crippen molar-refractivity contribution in [3.05, 3.63) is 93.9 Å². The lowest BCUT2D eigenvalue weighted by Crippen LogP contribution is -2.14. The summed E-state index contributed by atoms with van der Waals surface area (Å²) in [4.78, 5) is 32.4. The number of ether oxygens (including phenoxy) is 1. The maximum atomic E-state index is 12.6. The molecule has 1 amide bonds. The minimum atomic E-state index is -0.372. The van der Waals surface area contributed by atoms with E-state index in [2.05, 4.69) is 15.3 Å². The van der Waals surface area contributed by atoms with Gasteiger partial charge in [0.1, 0.15) is 11.4 Å². The third-order valence-electron chi connectivity index (χ3n) is 5.20. The summed E-state index contributed by atoms with van der Waals surface area (Å²) in [6.07, 6.45) is 3.97. The van der Waals surface area contributed by atoms with Crippen molar-refractivity contribution in [2.45, 2.75) is 6.92 Å². The van der Waals surface area contributed by atoms with Gasteiger partial charge in [-0.05, 0) is 42.8 Å². The fraction of sp³-hybridized carbons (Fsp3) is 0.0769. The number of nitrogens with zero attached hydrogens (tertiary/aromatic N) is 2. The molecule has 1 N–H and O–H groups in total. The van der Waals surface area contributed by atoms with Crippen LogP contribution in [0.25, 0.3) is 22.4 Å². The van der Waals surface area contributed by atoms with Crippen LogP contribution in [0.2, 0.25) is 10.0 Å². The van der Waals surface area contributed by atoms with E-state index in [1.807, 2.05) is 19.1 Å². The zero-order valence-electron chi connectivity index (χ0n) is 18.3. The number of aryl methyl sites for hydroxylation is 1. The van der Waals surface area contributed by atoms with E-state index in [-0.39, 0.29) is 11.6 Å². The highest BCUT2D eigenvalue weighted by Crippen LogP contribution is 2.41. The van der Waals surface area contributed by atoms with E-state index in [1.165, 1.54) is 7.11 Å². The molecule has 34 heavy (non-hydrogen) atoms. The Morgan fingerprint density at radius 1 is 1.00 bits per heavy atom. The molecule has 170 valence electrons. The van der Waals surface area contributed by atoms with Crippen molar-refractivity contribution in [1.29, 1.82) is 0 Å². The monoisotopic (exact) mass is 491 g/mol. The van der Waals surface area contributed by atoms with Crippen molar-refractivity contribution in [3.8, 4) is 28.1 Å². The number of aldehydes is 1. The predicted molar refractivity (Wildman–Crippen MR) is 134 cm³/mol. The molecule has 4 rings (SSSR count). The van der Waals surface area contributed by atoms with Crippen LogP contribution in [-0.4, -0.2) is 29.3 Å². The number of carbonyl (C=O) groups is 2. The van der Waals surface area contributed by atoms with Gasteiger partial charge >= 0.3 is 0 Å². The molecule has 0 radical (unpaired) electrons. The Balaban J connectivity index is 1.71. The SMILES string of the molecule is COc1cc(-c2nccc(-c3cccc(NC(=O)c4ccc(C)cn4)c3Cl)c2Cl)ccc1C=O. The van der Waals surface area contributed by atoms with Crippen LogP contribution in [0.5, 0.6) is 5.75 Å². The fourth-order valence-corrected chi connectivity index (χ4v) is 4.03. The quantitative estimate of drug-likeness (QED) is 0.311. The molecule has 2 aromatic carbocycles. The Morgan fingerprint density at radius 2 is 1.79 bits per heavy atom. The minimum absolute atomic E-state index is 0.281. The Bertz CT molecular complexity index is 1390. The third kappa shape index (κ3) is 4.64. The van der Waals surface area contributed by atoms with E-state index >= 15 is 0 Å². The van der Waals surface area contributed by atoms with Gasteiger partial charge in [-0.3, -0.25) is 19.6 Å². The van der Waals surface area contributed by atoms with Crippen molar-refractivity contribution in [2.75, 3.05) is 12.4 Å². The molecule has 0 aliphatic heterocycles. The van der Waals surface area contributed by atoms with Gasteiger partial charge in [-0.15, -0.1) is 0 Å². The number of rotatable bonds is 6. The lowest BCUT2D eigenvalue weighted by atomic mass is 10.0. The number of aromatic nitrogens is 2. The van der Waals surface area contributed by atoms with Crippen LogP contribution < -0.4 is 10.1 Å². The maximum Gasteiger partial charge on any atom is 0.274 e. The number of benzene rings is 2. The number of methoxy groups -OCH3 is 1. The number of amides is 1. The predicted octanol–water partition coefficient (Wildman–Crippen LogP) is 6.50. The molecule has 0 spiro atoms. The standard InChI is InChI=1S/C26H19Cl2N3O3/c1-15-6-9-21(30-13-15)26(33)31-20-5-3-4-18(23(20)27)19-10-11-29-25(24(19)28)16-7-8-17(14-32)22(12-16)34-2/h3-14H,1-2H3,(H,31,33). The average molecular weight is 492 g/mol. The second-order valence-corrected chi connectivity index (χ2v) is 8.19. The fourth-order valence-electron chi connectivity index (χ4n) is 3.43. The highest BCUT2D eigenvalue weighted by atomic mass is 35.5. The number of carbonyl (C=O) groups excluding carboxylic acids is 2. The van der Waals surface area contributed by atoms with E-state index in [1.54, 1.807) is 54.9 Å². The molecular weight excluding hydrogens is 473 g/mol. The average Bonchev–Trinajstić information content (AvgIpc) is 2.85. The molecule has 4 aromatic rings. The molecule has 2 aromatic heterocycles. The van der Waals surface area contributed by atoms with Crippen LogP contribution in [0.15, 0.2) is 67.0 Å². The van der Waals surface area contributed by atoms with E-state index in [0.29, 0.717) is 49.4 Å². The molecule has 0 aliphatic rings. The maximum absolute atomic E-state index is 12.6.